The van der Waals surface area contributed by atoms with Crippen LogP contribution in [0.2, 0.25) is 0 Å². The standard InChI is InChI=1S/C22H27N3O3S/c1-24(2)20(26)15-25-14-18(21(27)19(13-23)29-10-6-7-11-29)17(22(25)28)12-16-8-4-3-5-9-16/h3-5,8-9,17-18H,6-7,10-12,14-15H2,1-2H3/t17-,18+/m1/s1. The van der Waals surface area contributed by atoms with E-state index in [2.05, 4.69) is 6.07 Å². The Morgan fingerprint density at radius 3 is 2.45 bits per heavy atom. The zero-order valence-electron chi connectivity index (χ0n) is 17.0. The molecule has 2 heterocycles. The Hall–Kier alpha value is -2.46. The van der Waals surface area contributed by atoms with E-state index in [1.54, 1.807) is 14.1 Å². The second kappa shape index (κ2) is 9.36. The van der Waals surface area contributed by atoms with E-state index in [9.17, 15) is 19.6 Å². The van der Waals surface area contributed by atoms with Gasteiger partial charge in [-0.05, 0) is 36.3 Å². The molecule has 2 amide bonds. The molecule has 2 fully saturated rings. The zero-order valence-corrected chi connectivity index (χ0v) is 17.8. The molecule has 2 atom stereocenters. The average molecular weight is 414 g/mol. The summed E-state index contributed by atoms with van der Waals surface area (Å²) in [5.41, 5.74) is 0.978. The molecule has 1 aromatic carbocycles. The molecule has 0 unspecified atom stereocenters. The van der Waals surface area contributed by atoms with Gasteiger partial charge in [-0.2, -0.15) is 15.7 Å². The van der Waals surface area contributed by atoms with Crippen LogP contribution in [0.25, 0.3) is 0 Å². The van der Waals surface area contributed by atoms with Gasteiger partial charge in [0.25, 0.3) is 0 Å². The van der Waals surface area contributed by atoms with Gasteiger partial charge in [-0.3, -0.25) is 14.4 Å². The van der Waals surface area contributed by atoms with Crippen molar-refractivity contribution in [3.05, 3.63) is 35.9 Å². The molecule has 2 saturated heterocycles. The molecule has 29 heavy (non-hydrogen) atoms. The smallest absolute Gasteiger partial charge is 0.241 e. The SMILES string of the molecule is CN(C)C(=O)CN1C[C@H](C(=O)C(C#N)=S2CCCC2)[C@@H](Cc2ccccc2)C1=O. The van der Waals surface area contributed by atoms with E-state index in [0.29, 0.717) is 11.3 Å². The molecule has 0 saturated carbocycles. The van der Waals surface area contributed by atoms with Gasteiger partial charge in [-0.15, -0.1) is 0 Å². The fourth-order valence-electron chi connectivity index (χ4n) is 3.96. The Bertz CT molecular complexity index is 865. The van der Waals surface area contributed by atoms with Gasteiger partial charge in [0.15, 0.2) is 5.78 Å². The maximum atomic E-state index is 13.3. The molecule has 2 aliphatic heterocycles. The van der Waals surface area contributed by atoms with Crippen LogP contribution in [0, 0.1) is 23.2 Å². The van der Waals surface area contributed by atoms with Crippen LogP contribution in [0.1, 0.15) is 18.4 Å². The minimum atomic E-state index is -0.569. The van der Waals surface area contributed by atoms with Gasteiger partial charge < -0.3 is 9.80 Å². The van der Waals surface area contributed by atoms with Crippen LogP contribution in [0.5, 0.6) is 0 Å². The number of likely N-dealkylation sites (N-methyl/N-ethyl adjacent to an activating group) is 1. The van der Waals surface area contributed by atoms with Gasteiger partial charge in [0, 0.05) is 20.6 Å². The van der Waals surface area contributed by atoms with Gasteiger partial charge >= 0.3 is 0 Å². The molecule has 0 aromatic heterocycles. The molecule has 6 nitrogen and oxygen atoms in total. The third kappa shape index (κ3) is 4.76. The van der Waals surface area contributed by atoms with Crippen LogP contribution in [-0.4, -0.2) is 71.0 Å². The number of rotatable bonds is 6. The number of benzene rings is 1. The molecular formula is C22H27N3O3S. The van der Waals surface area contributed by atoms with Crippen molar-refractivity contribution < 1.29 is 14.4 Å². The number of likely N-dealkylation sites (tertiary alicyclic amines) is 1. The number of nitriles is 1. The highest BCUT2D eigenvalue weighted by Gasteiger charge is 2.45. The minimum Gasteiger partial charge on any atom is -0.347 e. The quantitative estimate of drug-likeness (QED) is 0.665. The van der Waals surface area contributed by atoms with E-state index >= 15 is 0 Å². The Morgan fingerprint density at radius 2 is 1.86 bits per heavy atom. The van der Waals surface area contributed by atoms with E-state index in [0.717, 1.165) is 29.9 Å². The predicted molar refractivity (Wildman–Crippen MR) is 115 cm³/mol. The third-order valence-electron chi connectivity index (χ3n) is 5.64. The number of carbonyl (C=O) groups excluding carboxylic acids is 3. The Labute approximate surface area is 174 Å². The number of hydrogen-bond acceptors (Lipinski definition) is 4. The second-order valence-corrected chi connectivity index (χ2v) is 10.0. The average Bonchev–Trinajstić information content (AvgIpc) is 3.33. The first-order chi connectivity index (χ1) is 13.9. The van der Waals surface area contributed by atoms with Crippen molar-refractivity contribution in [2.24, 2.45) is 11.8 Å². The van der Waals surface area contributed by atoms with Crippen molar-refractivity contribution in [1.29, 1.82) is 5.26 Å². The van der Waals surface area contributed by atoms with E-state index < -0.39 is 11.8 Å². The molecule has 0 radical (unpaired) electrons. The highest BCUT2D eigenvalue weighted by molar-refractivity contribution is 8.17. The second-order valence-electron chi connectivity index (χ2n) is 7.82. The first kappa shape index (κ1) is 21.3. The fraction of sp³-hybridized carbons (Fsp3) is 0.500. The lowest BCUT2D eigenvalue weighted by Gasteiger charge is -2.18. The van der Waals surface area contributed by atoms with Crippen LogP contribution >= 0.6 is 10.5 Å². The molecule has 2 aliphatic rings. The summed E-state index contributed by atoms with van der Waals surface area (Å²) in [6.07, 6.45) is 2.53. The molecule has 0 N–H and O–H groups in total. The highest BCUT2D eigenvalue weighted by atomic mass is 32.2. The van der Waals surface area contributed by atoms with Gasteiger partial charge in [-0.1, -0.05) is 30.3 Å². The summed E-state index contributed by atoms with van der Waals surface area (Å²) in [4.78, 5) is 41.9. The monoisotopic (exact) mass is 413 g/mol. The Balaban J connectivity index is 1.89. The van der Waals surface area contributed by atoms with Crippen molar-refractivity contribution in [1.82, 2.24) is 9.80 Å². The lowest BCUT2D eigenvalue weighted by atomic mass is 9.85. The molecule has 3 rings (SSSR count). The van der Waals surface area contributed by atoms with Gasteiger partial charge in [-0.25, -0.2) is 0 Å². The summed E-state index contributed by atoms with van der Waals surface area (Å²) in [7, 11) is 3.00. The van der Waals surface area contributed by atoms with Crippen molar-refractivity contribution in [3.63, 3.8) is 0 Å². The Morgan fingerprint density at radius 1 is 1.21 bits per heavy atom. The first-order valence-electron chi connectivity index (χ1n) is 9.94. The summed E-state index contributed by atoms with van der Waals surface area (Å²) in [5, 5.41) is 9.68. The number of ketones is 1. The van der Waals surface area contributed by atoms with Gasteiger partial charge in [0.2, 0.25) is 11.8 Å². The predicted octanol–water partition coefficient (Wildman–Crippen LogP) is 1.72. The number of amides is 2. The lowest BCUT2D eigenvalue weighted by molar-refractivity contribution is -0.138. The maximum Gasteiger partial charge on any atom is 0.241 e. The Kier molecular flexibility index (Phi) is 6.86. The van der Waals surface area contributed by atoms with Crippen LogP contribution < -0.4 is 0 Å². The van der Waals surface area contributed by atoms with Crippen molar-refractivity contribution in [2.75, 3.05) is 38.7 Å². The third-order valence-corrected chi connectivity index (χ3v) is 8.07. The van der Waals surface area contributed by atoms with Crippen LogP contribution in [-0.2, 0) is 20.8 Å². The summed E-state index contributed by atoms with van der Waals surface area (Å²) >= 11 is 0. The van der Waals surface area contributed by atoms with Crippen molar-refractivity contribution >= 4 is 32.9 Å². The normalized spacial score (nSPS) is 21.8. The van der Waals surface area contributed by atoms with E-state index in [1.165, 1.54) is 9.80 Å². The maximum absolute atomic E-state index is 13.3. The largest absolute Gasteiger partial charge is 0.347 e. The number of Topliss-reactive ketones (excluding diaryl/α,β-unsaturated/α-hetero) is 1. The van der Waals surface area contributed by atoms with Crippen LogP contribution in [0.3, 0.4) is 0 Å². The summed E-state index contributed by atoms with van der Waals surface area (Å²) in [6.45, 7) is 0.172. The minimum absolute atomic E-state index is 0.0332. The first-order valence-corrected chi connectivity index (χ1v) is 11.5. The van der Waals surface area contributed by atoms with Gasteiger partial charge in [0.05, 0.1) is 18.4 Å². The van der Waals surface area contributed by atoms with Gasteiger partial charge in [0.1, 0.15) is 10.9 Å². The zero-order chi connectivity index (χ0) is 21.0. The molecule has 154 valence electrons. The highest BCUT2D eigenvalue weighted by Crippen LogP contribution is 2.33. The number of nitrogens with zero attached hydrogens (tertiary/aromatic N) is 3. The van der Waals surface area contributed by atoms with Crippen LogP contribution in [0.15, 0.2) is 30.3 Å². The summed E-state index contributed by atoms with van der Waals surface area (Å²) in [5.74, 6) is 0.145. The molecule has 0 aliphatic carbocycles. The number of hydrogen-bond donors (Lipinski definition) is 0. The molecule has 0 spiro atoms. The van der Waals surface area contributed by atoms with Crippen molar-refractivity contribution in [2.45, 2.75) is 19.3 Å². The number of carbonyl (C=O) groups is 3. The topological polar surface area (TPSA) is 81.5 Å². The fourth-order valence-corrected chi connectivity index (χ4v) is 6.24. The molecule has 7 heteroatoms. The summed E-state index contributed by atoms with van der Waals surface area (Å²) < 4.78 is 0. The van der Waals surface area contributed by atoms with Crippen LogP contribution in [0.4, 0.5) is 0 Å². The molecular weight excluding hydrogens is 386 g/mol. The lowest BCUT2D eigenvalue weighted by Crippen LogP contribution is -2.38. The van der Waals surface area contributed by atoms with E-state index in [-0.39, 0.29) is 41.2 Å². The molecule has 1 aromatic rings. The summed E-state index contributed by atoms with van der Waals surface area (Å²) in [6, 6.07) is 11.8. The molecule has 0 bridgehead atoms. The van der Waals surface area contributed by atoms with E-state index in [1.807, 2.05) is 30.3 Å². The van der Waals surface area contributed by atoms with Crippen molar-refractivity contribution in [3.8, 4) is 6.07 Å². The van der Waals surface area contributed by atoms with E-state index in [4.69, 9.17) is 0 Å².